The highest BCUT2D eigenvalue weighted by Crippen LogP contribution is 2.19. The Bertz CT molecular complexity index is 555. The molecule has 4 nitrogen and oxygen atoms in total. The van der Waals surface area contributed by atoms with Crippen LogP contribution in [-0.2, 0) is 0 Å². The van der Waals surface area contributed by atoms with Crippen LogP contribution in [0.1, 0.15) is 24.1 Å². The maximum Gasteiger partial charge on any atom is 0.325 e. The molecule has 0 aliphatic heterocycles. The van der Waals surface area contributed by atoms with Gasteiger partial charge in [-0.15, -0.1) is 0 Å². The molecule has 1 aromatic carbocycles. The highest BCUT2D eigenvalue weighted by atomic mass is 16.2. The van der Waals surface area contributed by atoms with E-state index in [1.54, 1.807) is 0 Å². The maximum absolute atomic E-state index is 11.2. The van der Waals surface area contributed by atoms with Gasteiger partial charge in [0.05, 0.1) is 0 Å². The zero-order valence-electron chi connectivity index (χ0n) is 8.86. The summed E-state index contributed by atoms with van der Waals surface area (Å²) in [5.41, 5.74) is 0.843. The Labute approximate surface area is 92.0 Å². The molecule has 82 valence electrons. The molecule has 1 aromatic heterocycles. The van der Waals surface area contributed by atoms with Crippen LogP contribution in [0, 0.1) is 0 Å². The van der Waals surface area contributed by atoms with Crippen LogP contribution in [0.2, 0.25) is 0 Å². The van der Waals surface area contributed by atoms with Crippen molar-refractivity contribution < 1.29 is 0 Å². The fourth-order valence-corrected chi connectivity index (χ4v) is 1.64. The Hall–Kier alpha value is -2.10. The standard InChI is InChI=1S/C12H12N2O2/c1-8(9-5-3-2-4-6-9)10-7-11(15)14-12(16)13-10/h2-8H,1H3,(H2,13,14,15,16)/t8-/m0/s1. The van der Waals surface area contributed by atoms with Gasteiger partial charge in [-0.2, -0.15) is 0 Å². The van der Waals surface area contributed by atoms with Gasteiger partial charge in [0.15, 0.2) is 0 Å². The first kappa shape index (κ1) is 10.4. The van der Waals surface area contributed by atoms with E-state index in [2.05, 4.69) is 9.97 Å². The Morgan fingerprint density at radius 1 is 1.06 bits per heavy atom. The number of benzene rings is 1. The van der Waals surface area contributed by atoms with Crippen LogP contribution in [0.4, 0.5) is 0 Å². The topological polar surface area (TPSA) is 65.7 Å². The molecule has 0 amide bonds. The second-order valence-corrected chi connectivity index (χ2v) is 3.68. The van der Waals surface area contributed by atoms with Crippen molar-refractivity contribution in [2.45, 2.75) is 12.8 Å². The molecular weight excluding hydrogens is 204 g/mol. The predicted octanol–water partition coefficient (Wildman–Crippen LogP) is 1.21. The van der Waals surface area contributed by atoms with Gasteiger partial charge < -0.3 is 4.98 Å². The monoisotopic (exact) mass is 216 g/mol. The molecule has 1 atom stereocenters. The number of hydrogen-bond donors (Lipinski definition) is 2. The largest absolute Gasteiger partial charge is 0.325 e. The number of nitrogens with one attached hydrogen (secondary N) is 2. The molecule has 0 radical (unpaired) electrons. The molecule has 2 aromatic rings. The summed E-state index contributed by atoms with van der Waals surface area (Å²) in [6.45, 7) is 1.94. The normalized spacial score (nSPS) is 12.3. The van der Waals surface area contributed by atoms with Crippen molar-refractivity contribution in [2.24, 2.45) is 0 Å². The van der Waals surface area contributed by atoms with E-state index in [1.807, 2.05) is 37.3 Å². The van der Waals surface area contributed by atoms with Crippen molar-refractivity contribution >= 4 is 0 Å². The van der Waals surface area contributed by atoms with Gasteiger partial charge in [0, 0.05) is 17.7 Å². The molecule has 0 bridgehead atoms. The molecular formula is C12H12N2O2. The highest BCUT2D eigenvalue weighted by molar-refractivity contribution is 5.26. The average Bonchev–Trinajstić information content (AvgIpc) is 2.28. The summed E-state index contributed by atoms with van der Waals surface area (Å²) in [5, 5.41) is 0. The molecule has 0 aliphatic carbocycles. The molecule has 2 N–H and O–H groups in total. The minimum Gasteiger partial charge on any atom is -0.311 e. The summed E-state index contributed by atoms with van der Waals surface area (Å²) in [7, 11) is 0. The van der Waals surface area contributed by atoms with E-state index < -0.39 is 5.69 Å². The van der Waals surface area contributed by atoms with Crippen molar-refractivity contribution in [1.82, 2.24) is 9.97 Å². The van der Waals surface area contributed by atoms with Crippen LogP contribution in [-0.4, -0.2) is 9.97 Å². The smallest absolute Gasteiger partial charge is 0.311 e. The van der Waals surface area contributed by atoms with Gasteiger partial charge >= 0.3 is 5.69 Å². The SMILES string of the molecule is C[C@@H](c1ccccc1)c1cc(=O)[nH]c(=O)[nH]1. The first-order valence-corrected chi connectivity index (χ1v) is 5.05. The first-order chi connectivity index (χ1) is 7.66. The zero-order chi connectivity index (χ0) is 11.5. The number of aromatic amines is 2. The lowest BCUT2D eigenvalue weighted by atomic mass is 9.98. The number of rotatable bonds is 2. The van der Waals surface area contributed by atoms with Crippen LogP contribution in [0.5, 0.6) is 0 Å². The Kier molecular flexibility index (Phi) is 2.72. The molecule has 0 unspecified atom stereocenters. The van der Waals surface area contributed by atoms with Crippen molar-refractivity contribution in [3.05, 3.63) is 68.5 Å². The molecule has 2 rings (SSSR count). The molecule has 16 heavy (non-hydrogen) atoms. The second-order valence-electron chi connectivity index (χ2n) is 3.68. The summed E-state index contributed by atoms with van der Waals surface area (Å²) in [6.07, 6.45) is 0. The fraction of sp³-hybridized carbons (Fsp3) is 0.167. The predicted molar refractivity (Wildman–Crippen MR) is 61.6 cm³/mol. The number of hydrogen-bond acceptors (Lipinski definition) is 2. The third-order valence-corrected chi connectivity index (χ3v) is 2.55. The summed E-state index contributed by atoms with van der Waals surface area (Å²) in [4.78, 5) is 27.1. The van der Waals surface area contributed by atoms with E-state index in [0.29, 0.717) is 5.69 Å². The van der Waals surface area contributed by atoms with E-state index >= 15 is 0 Å². The maximum atomic E-state index is 11.2. The van der Waals surface area contributed by atoms with Gasteiger partial charge in [0.25, 0.3) is 5.56 Å². The molecule has 1 heterocycles. The summed E-state index contributed by atoms with van der Waals surface area (Å²) >= 11 is 0. The van der Waals surface area contributed by atoms with Crippen molar-refractivity contribution in [1.29, 1.82) is 0 Å². The van der Waals surface area contributed by atoms with Gasteiger partial charge in [0.2, 0.25) is 0 Å². The van der Waals surface area contributed by atoms with E-state index in [0.717, 1.165) is 5.56 Å². The molecule has 0 saturated heterocycles. The molecule has 0 fully saturated rings. The summed E-state index contributed by atoms with van der Waals surface area (Å²) in [6, 6.07) is 11.1. The quantitative estimate of drug-likeness (QED) is 0.792. The van der Waals surface area contributed by atoms with E-state index in [1.165, 1.54) is 6.07 Å². The minimum absolute atomic E-state index is 0.00352. The second kappa shape index (κ2) is 4.18. The first-order valence-electron chi connectivity index (χ1n) is 5.05. The Balaban J connectivity index is 2.45. The summed E-state index contributed by atoms with van der Waals surface area (Å²) < 4.78 is 0. The lowest BCUT2D eigenvalue weighted by Crippen LogP contribution is -2.23. The van der Waals surface area contributed by atoms with Gasteiger partial charge in [-0.1, -0.05) is 37.3 Å². The number of aromatic nitrogens is 2. The summed E-state index contributed by atoms with van der Waals surface area (Å²) in [5.74, 6) is -0.00352. The fourth-order valence-electron chi connectivity index (χ4n) is 1.64. The Morgan fingerprint density at radius 3 is 2.38 bits per heavy atom. The lowest BCUT2D eigenvalue weighted by molar-refractivity contribution is 0.835. The third kappa shape index (κ3) is 2.11. The van der Waals surface area contributed by atoms with Gasteiger partial charge in [0.1, 0.15) is 0 Å². The van der Waals surface area contributed by atoms with Crippen LogP contribution in [0.25, 0.3) is 0 Å². The molecule has 4 heteroatoms. The molecule has 0 saturated carbocycles. The van der Waals surface area contributed by atoms with Crippen LogP contribution < -0.4 is 11.2 Å². The minimum atomic E-state index is -0.467. The Morgan fingerprint density at radius 2 is 1.75 bits per heavy atom. The van der Waals surface area contributed by atoms with Crippen molar-refractivity contribution in [3.63, 3.8) is 0 Å². The van der Waals surface area contributed by atoms with Crippen molar-refractivity contribution in [3.8, 4) is 0 Å². The number of H-pyrrole nitrogens is 2. The van der Waals surface area contributed by atoms with Crippen molar-refractivity contribution in [2.75, 3.05) is 0 Å². The highest BCUT2D eigenvalue weighted by Gasteiger charge is 2.09. The van der Waals surface area contributed by atoms with E-state index in [9.17, 15) is 9.59 Å². The average molecular weight is 216 g/mol. The zero-order valence-corrected chi connectivity index (χ0v) is 8.86. The van der Waals surface area contributed by atoms with E-state index in [4.69, 9.17) is 0 Å². The van der Waals surface area contributed by atoms with Crippen LogP contribution in [0.15, 0.2) is 46.0 Å². The van der Waals surface area contributed by atoms with Crippen LogP contribution >= 0.6 is 0 Å². The van der Waals surface area contributed by atoms with Gasteiger partial charge in [-0.3, -0.25) is 9.78 Å². The lowest BCUT2D eigenvalue weighted by Gasteiger charge is -2.10. The van der Waals surface area contributed by atoms with Gasteiger partial charge in [-0.25, -0.2) is 4.79 Å². The molecule has 0 aliphatic rings. The van der Waals surface area contributed by atoms with Crippen LogP contribution in [0.3, 0.4) is 0 Å². The van der Waals surface area contributed by atoms with Gasteiger partial charge in [-0.05, 0) is 5.56 Å². The third-order valence-electron chi connectivity index (χ3n) is 2.55. The van der Waals surface area contributed by atoms with E-state index in [-0.39, 0.29) is 11.5 Å². The molecule has 0 spiro atoms.